The molecule has 13 heavy (non-hydrogen) atoms. The molecule has 2 heterocycles. The minimum Gasteiger partial charge on any atom is -0.329 e. The molecule has 2 rings (SSSR count). The van der Waals surface area contributed by atoms with Gasteiger partial charge in [-0.05, 0) is 44.5 Å². The molecular formula is C10H20N2S. The average Bonchev–Trinajstić information content (AvgIpc) is 2.76. The Kier molecular flexibility index (Phi) is 3.52. The van der Waals surface area contributed by atoms with Gasteiger partial charge in [-0.25, -0.2) is 0 Å². The van der Waals surface area contributed by atoms with Crippen LogP contribution in [0.1, 0.15) is 25.7 Å². The standard InChI is InChI=1S/C10H20N2S/c11-8-9(10-4-3-7-13-10)12-5-1-2-6-12/h9-10H,1-8,11H2. The van der Waals surface area contributed by atoms with E-state index in [2.05, 4.69) is 16.7 Å². The predicted octanol–water partition coefficient (Wildman–Crippen LogP) is 1.31. The summed E-state index contributed by atoms with van der Waals surface area (Å²) in [7, 11) is 0. The molecule has 2 saturated heterocycles. The summed E-state index contributed by atoms with van der Waals surface area (Å²) in [5.74, 6) is 1.36. The van der Waals surface area contributed by atoms with Crippen LogP contribution >= 0.6 is 11.8 Å². The van der Waals surface area contributed by atoms with Gasteiger partial charge in [0.1, 0.15) is 0 Å². The van der Waals surface area contributed by atoms with Crippen molar-refractivity contribution in [3.05, 3.63) is 0 Å². The molecule has 0 aromatic heterocycles. The quantitative estimate of drug-likeness (QED) is 0.745. The Morgan fingerprint density at radius 1 is 1.31 bits per heavy atom. The highest BCUT2D eigenvalue weighted by Gasteiger charge is 2.30. The Morgan fingerprint density at radius 3 is 2.62 bits per heavy atom. The zero-order valence-electron chi connectivity index (χ0n) is 8.24. The Balaban J connectivity index is 1.90. The monoisotopic (exact) mass is 200 g/mol. The minimum absolute atomic E-state index is 0.676. The molecule has 2 fully saturated rings. The summed E-state index contributed by atoms with van der Waals surface area (Å²) in [6, 6.07) is 0.676. The topological polar surface area (TPSA) is 29.3 Å². The number of thioether (sulfide) groups is 1. The lowest BCUT2D eigenvalue weighted by Crippen LogP contribution is -2.44. The van der Waals surface area contributed by atoms with Crippen molar-refractivity contribution in [2.24, 2.45) is 5.73 Å². The normalized spacial score (nSPS) is 32.5. The molecule has 2 nitrogen and oxygen atoms in total. The van der Waals surface area contributed by atoms with E-state index in [1.165, 1.54) is 44.5 Å². The van der Waals surface area contributed by atoms with Gasteiger partial charge in [-0.1, -0.05) is 0 Å². The SMILES string of the molecule is NCC(C1CCCS1)N1CCCC1. The summed E-state index contributed by atoms with van der Waals surface area (Å²) in [6.45, 7) is 3.44. The molecular weight excluding hydrogens is 180 g/mol. The molecule has 3 heteroatoms. The van der Waals surface area contributed by atoms with E-state index in [1.54, 1.807) is 0 Å². The summed E-state index contributed by atoms with van der Waals surface area (Å²) in [4.78, 5) is 2.61. The van der Waals surface area contributed by atoms with Crippen molar-refractivity contribution < 1.29 is 0 Å². The largest absolute Gasteiger partial charge is 0.329 e. The van der Waals surface area contributed by atoms with Crippen molar-refractivity contribution in [1.82, 2.24) is 4.90 Å². The first-order chi connectivity index (χ1) is 6.42. The highest BCUT2D eigenvalue weighted by Crippen LogP contribution is 2.31. The van der Waals surface area contributed by atoms with Crippen molar-refractivity contribution in [2.75, 3.05) is 25.4 Å². The highest BCUT2D eigenvalue weighted by atomic mass is 32.2. The fourth-order valence-corrected chi connectivity index (χ4v) is 3.99. The van der Waals surface area contributed by atoms with Gasteiger partial charge in [0.2, 0.25) is 0 Å². The van der Waals surface area contributed by atoms with Crippen LogP contribution in [0.5, 0.6) is 0 Å². The second kappa shape index (κ2) is 4.67. The maximum atomic E-state index is 5.88. The Hall–Kier alpha value is 0.270. The Bertz CT molecular complexity index is 135. The third kappa shape index (κ3) is 2.20. The Labute approximate surface area is 85.2 Å². The van der Waals surface area contributed by atoms with E-state index in [1.807, 2.05) is 0 Å². The van der Waals surface area contributed by atoms with E-state index in [-0.39, 0.29) is 0 Å². The van der Waals surface area contributed by atoms with Gasteiger partial charge in [0.15, 0.2) is 0 Å². The summed E-state index contributed by atoms with van der Waals surface area (Å²) >= 11 is 2.14. The molecule has 76 valence electrons. The number of rotatable bonds is 3. The van der Waals surface area contributed by atoms with Gasteiger partial charge in [-0.15, -0.1) is 0 Å². The fourth-order valence-electron chi connectivity index (χ4n) is 2.52. The Morgan fingerprint density at radius 2 is 2.08 bits per heavy atom. The molecule has 2 atom stereocenters. The molecule has 2 N–H and O–H groups in total. The van der Waals surface area contributed by atoms with E-state index < -0.39 is 0 Å². The highest BCUT2D eigenvalue weighted by molar-refractivity contribution is 8.00. The van der Waals surface area contributed by atoms with Gasteiger partial charge in [-0.2, -0.15) is 11.8 Å². The van der Waals surface area contributed by atoms with E-state index in [0.717, 1.165) is 11.8 Å². The summed E-state index contributed by atoms with van der Waals surface area (Å²) < 4.78 is 0. The molecule has 2 aliphatic heterocycles. The first kappa shape index (κ1) is 9.81. The first-order valence-electron chi connectivity index (χ1n) is 5.47. The second-order valence-corrected chi connectivity index (χ2v) is 5.44. The number of hydrogen-bond acceptors (Lipinski definition) is 3. The number of nitrogens with two attached hydrogens (primary N) is 1. The molecule has 0 amide bonds. The average molecular weight is 200 g/mol. The molecule has 0 radical (unpaired) electrons. The lowest BCUT2D eigenvalue weighted by atomic mass is 10.1. The summed E-state index contributed by atoms with van der Waals surface area (Å²) in [5, 5.41) is 0.836. The van der Waals surface area contributed by atoms with Crippen LogP contribution in [0.15, 0.2) is 0 Å². The maximum absolute atomic E-state index is 5.88. The van der Waals surface area contributed by atoms with Crippen molar-refractivity contribution >= 4 is 11.8 Å². The van der Waals surface area contributed by atoms with Crippen LogP contribution in [-0.4, -0.2) is 41.6 Å². The molecule has 0 saturated carbocycles. The summed E-state index contributed by atoms with van der Waals surface area (Å²) in [6.07, 6.45) is 5.56. The fraction of sp³-hybridized carbons (Fsp3) is 1.00. The van der Waals surface area contributed by atoms with Gasteiger partial charge in [0.05, 0.1) is 0 Å². The first-order valence-corrected chi connectivity index (χ1v) is 6.52. The van der Waals surface area contributed by atoms with Crippen molar-refractivity contribution in [1.29, 1.82) is 0 Å². The number of hydrogen-bond donors (Lipinski definition) is 1. The van der Waals surface area contributed by atoms with Crippen molar-refractivity contribution in [3.8, 4) is 0 Å². The number of likely N-dealkylation sites (tertiary alicyclic amines) is 1. The molecule has 0 spiro atoms. The van der Waals surface area contributed by atoms with Gasteiger partial charge in [0.25, 0.3) is 0 Å². The molecule has 2 aliphatic rings. The zero-order chi connectivity index (χ0) is 9.10. The molecule has 0 bridgehead atoms. The van der Waals surface area contributed by atoms with Crippen molar-refractivity contribution in [2.45, 2.75) is 37.0 Å². The molecule has 0 aliphatic carbocycles. The van der Waals surface area contributed by atoms with Crippen LogP contribution in [-0.2, 0) is 0 Å². The summed E-state index contributed by atoms with van der Waals surface area (Å²) in [5.41, 5.74) is 5.88. The van der Waals surface area contributed by atoms with Crippen LogP contribution in [0.25, 0.3) is 0 Å². The third-order valence-corrected chi connectivity index (χ3v) is 4.75. The van der Waals surface area contributed by atoms with E-state index >= 15 is 0 Å². The van der Waals surface area contributed by atoms with Gasteiger partial charge < -0.3 is 5.73 Å². The van der Waals surface area contributed by atoms with Gasteiger partial charge in [0, 0.05) is 17.8 Å². The molecule has 0 aromatic rings. The van der Waals surface area contributed by atoms with Crippen LogP contribution in [0, 0.1) is 0 Å². The second-order valence-electron chi connectivity index (χ2n) is 4.10. The lowest BCUT2D eigenvalue weighted by Gasteiger charge is -2.30. The zero-order valence-corrected chi connectivity index (χ0v) is 9.06. The van der Waals surface area contributed by atoms with Crippen molar-refractivity contribution in [3.63, 3.8) is 0 Å². The molecule has 0 aromatic carbocycles. The van der Waals surface area contributed by atoms with Gasteiger partial charge >= 0.3 is 0 Å². The number of nitrogens with zero attached hydrogens (tertiary/aromatic N) is 1. The van der Waals surface area contributed by atoms with E-state index in [9.17, 15) is 0 Å². The predicted molar refractivity (Wildman–Crippen MR) is 59.1 cm³/mol. The third-order valence-electron chi connectivity index (χ3n) is 3.25. The lowest BCUT2D eigenvalue weighted by molar-refractivity contribution is 0.240. The van der Waals surface area contributed by atoms with E-state index in [0.29, 0.717) is 6.04 Å². The smallest absolute Gasteiger partial charge is 0.0337 e. The van der Waals surface area contributed by atoms with Crippen LogP contribution in [0.2, 0.25) is 0 Å². The van der Waals surface area contributed by atoms with Crippen LogP contribution in [0.4, 0.5) is 0 Å². The minimum atomic E-state index is 0.676. The maximum Gasteiger partial charge on any atom is 0.0337 e. The van der Waals surface area contributed by atoms with E-state index in [4.69, 9.17) is 5.73 Å². The molecule has 2 unspecified atom stereocenters. The van der Waals surface area contributed by atoms with Crippen LogP contribution < -0.4 is 5.73 Å². The van der Waals surface area contributed by atoms with Gasteiger partial charge in [-0.3, -0.25) is 4.90 Å². The van der Waals surface area contributed by atoms with Crippen LogP contribution in [0.3, 0.4) is 0 Å².